The van der Waals surface area contributed by atoms with Crippen LogP contribution in [0.2, 0.25) is 5.02 Å². The van der Waals surface area contributed by atoms with Gasteiger partial charge in [0.15, 0.2) is 0 Å². The van der Waals surface area contributed by atoms with Crippen LogP contribution in [0.15, 0.2) is 42.5 Å². The van der Waals surface area contributed by atoms with Gasteiger partial charge in [0, 0.05) is 16.5 Å². The van der Waals surface area contributed by atoms with Crippen LogP contribution in [0.4, 0.5) is 5.69 Å². The Kier molecular flexibility index (Phi) is 6.07. The normalized spacial score (nSPS) is 10.3. The number of anilines is 1. The first-order chi connectivity index (χ1) is 11.0. The Balaban J connectivity index is 1.90. The van der Waals surface area contributed by atoms with E-state index in [-0.39, 0.29) is 17.2 Å². The fourth-order valence-corrected chi connectivity index (χ4v) is 2.95. The van der Waals surface area contributed by atoms with Crippen LogP contribution < -0.4 is 5.32 Å². The zero-order valence-electron chi connectivity index (χ0n) is 12.5. The van der Waals surface area contributed by atoms with Gasteiger partial charge < -0.3 is 10.4 Å². The molecule has 0 spiro atoms. The van der Waals surface area contributed by atoms with Crippen molar-refractivity contribution >= 4 is 40.9 Å². The summed E-state index contributed by atoms with van der Waals surface area (Å²) in [6, 6.07) is 12.2. The molecular weight excluding hydrogens is 334 g/mol. The molecule has 2 N–H and O–H groups in total. The number of carboxylic acids is 1. The second kappa shape index (κ2) is 8.04. The number of aryl methyl sites for hydroxylation is 1. The first-order valence-corrected chi connectivity index (χ1v) is 8.45. The number of rotatable bonds is 6. The number of hydrogen-bond donors (Lipinski definition) is 2. The van der Waals surface area contributed by atoms with Crippen molar-refractivity contribution in [1.29, 1.82) is 0 Å². The maximum atomic E-state index is 12.0. The van der Waals surface area contributed by atoms with Crippen LogP contribution in [0.5, 0.6) is 0 Å². The van der Waals surface area contributed by atoms with Crippen molar-refractivity contribution in [3.05, 3.63) is 64.2 Å². The largest absolute Gasteiger partial charge is 0.478 e. The zero-order valence-corrected chi connectivity index (χ0v) is 14.1. The van der Waals surface area contributed by atoms with Crippen molar-refractivity contribution in [3.8, 4) is 0 Å². The van der Waals surface area contributed by atoms with E-state index in [4.69, 9.17) is 16.7 Å². The predicted octanol–water partition coefficient (Wildman–Crippen LogP) is 4.22. The Morgan fingerprint density at radius 1 is 1.22 bits per heavy atom. The molecule has 0 aliphatic heterocycles. The summed E-state index contributed by atoms with van der Waals surface area (Å²) in [7, 11) is 0. The van der Waals surface area contributed by atoms with Crippen molar-refractivity contribution in [1.82, 2.24) is 0 Å². The number of hydrogen-bond acceptors (Lipinski definition) is 3. The van der Waals surface area contributed by atoms with Crippen LogP contribution in [0.3, 0.4) is 0 Å². The Bertz CT molecular complexity index is 734. The number of carbonyl (C=O) groups excluding carboxylic acids is 1. The van der Waals surface area contributed by atoms with Crippen molar-refractivity contribution in [2.75, 3.05) is 11.1 Å². The highest BCUT2D eigenvalue weighted by atomic mass is 35.5. The molecular formula is C17H16ClNO3S. The molecule has 0 saturated heterocycles. The molecule has 120 valence electrons. The number of carbonyl (C=O) groups is 2. The fraction of sp³-hybridized carbons (Fsp3) is 0.176. The van der Waals surface area contributed by atoms with E-state index in [1.54, 1.807) is 12.1 Å². The number of thioether (sulfide) groups is 1. The molecule has 0 unspecified atom stereocenters. The van der Waals surface area contributed by atoms with E-state index >= 15 is 0 Å². The van der Waals surface area contributed by atoms with Gasteiger partial charge in [-0.2, -0.15) is 0 Å². The highest BCUT2D eigenvalue weighted by molar-refractivity contribution is 7.99. The quantitative estimate of drug-likeness (QED) is 0.819. The Labute approximate surface area is 143 Å². The zero-order chi connectivity index (χ0) is 16.8. The van der Waals surface area contributed by atoms with E-state index in [1.807, 2.05) is 25.1 Å². The third-order valence-corrected chi connectivity index (χ3v) is 4.39. The van der Waals surface area contributed by atoms with Gasteiger partial charge in [-0.25, -0.2) is 4.79 Å². The van der Waals surface area contributed by atoms with Crippen LogP contribution in [0, 0.1) is 6.92 Å². The maximum absolute atomic E-state index is 12.0. The minimum Gasteiger partial charge on any atom is -0.478 e. The summed E-state index contributed by atoms with van der Waals surface area (Å²) in [6.07, 6.45) is 0. The number of aromatic carboxylic acids is 1. The van der Waals surface area contributed by atoms with E-state index in [0.717, 1.165) is 11.1 Å². The smallest absolute Gasteiger partial charge is 0.335 e. The minimum atomic E-state index is -1.02. The third kappa shape index (κ3) is 5.30. The van der Waals surface area contributed by atoms with Gasteiger partial charge >= 0.3 is 5.97 Å². The van der Waals surface area contributed by atoms with Gasteiger partial charge in [-0.05, 0) is 42.3 Å². The lowest BCUT2D eigenvalue weighted by atomic mass is 10.1. The molecule has 2 aromatic carbocycles. The summed E-state index contributed by atoms with van der Waals surface area (Å²) in [5, 5.41) is 12.4. The summed E-state index contributed by atoms with van der Waals surface area (Å²) in [5.41, 5.74) is 2.55. The minimum absolute atomic E-state index is 0.150. The van der Waals surface area contributed by atoms with E-state index in [2.05, 4.69) is 5.32 Å². The fourth-order valence-electron chi connectivity index (χ4n) is 1.96. The van der Waals surface area contributed by atoms with E-state index < -0.39 is 5.97 Å². The maximum Gasteiger partial charge on any atom is 0.335 e. The number of nitrogens with one attached hydrogen (secondary N) is 1. The van der Waals surface area contributed by atoms with Gasteiger partial charge in [-0.1, -0.05) is 29.8 Å². The van der Waals surface area contributed by atoms with Crippen molar-refractivity contribution in [2.45, 2.75) is 12.7 Å². The molecule has 0 saturated carbocycles. The van der Waals surface area contributed by atoms with Gasteiger partial charge in [0.25, 0.3) is 0 Å². The highest BCUT2D eigenvalue weighted by Gasteiger charge is 2.09. The number of halogens is 1. The lowest BCUT2D eigenvalue weighted by molar-refractivity contribution is -0.113. The van der Waals surface area contributed by atoms with Crippen molar-refractivity contribution in [2.24, 2.45) is 0 Å². The third-order valence-electron chi connectivity index (χ3n) is 3.15. The molecule has 0 aromatic heterocycles. The lowest BCUT2D eigenvalue weighted by Crippen LogP contribution is -2.15. The first-order valence-electron chi connectivity index (χ1n) is 6.91. The van der Waals surface area contributed by atoms with Gasteiger partial charge in [-0.3, -0.25) is 4.79 Å². The standard InChI is InChI=1S/C17H16ClNO3S/c1-11-5-6-13(17(21)22)8-15(11)19-16(20)10-23-9-12-3-2-4-14(18)7-12/h2-8H,9-10H2,1H3,(H,19,20)(H,21,22). The predicted molar refractivity (Wildman–Crippen MR) is 94.4 cm³/mol. The van der Waals surface area contributed by atoms with Crippen LogP contribution in [0.1, 0.15) is 21.5 Å². The molecule has 0 fully saturated rings. The molecule has 0 heterocycles. The van der Waals surface area contributed by atoms with E-state index in [1.165, 1.54) is 23.9 Å². The topological polar surface area (TPSA) is 66.4 Å². The second-order valence-corrected chi connectivity index (χ2v) is 6.43. The molecule has 0 atom stereocenters. The van der Waals surface area contributed by atoms with Crippen LogP contribution in [-0.2, 0) is 10.5 Å². The average molecular weight is 350 g/mol. The molecule has 0 aliphatic carbocycles. The Morgan fingerprint density at radius 2 is 2.00 bits per heavy atom. The van der Waals surface area contributed by atoms with Gasteiger partial charge in [0.1, 0.15) is 0 Å². The summed E-state index contributed by atoms with van der Waals surface area (Å²) < 4.78 is 0. The summed E-state index contributed by atoms with van der Waals surface area (Å²) >= 11 is 7.39. The first kappa shape index (κ1) is 17.4. The highest BCUT2D eigenvalue weighted by Crippen LogP contribution is 2.19. The van der Waals surface area contributed by atoms with E-state index in [0.29, 0.717) is 16.5 Å². The van der Waals surface area contributed by atoms with Crippen LogP contribution in [0.25, 0.3) is 0 Å². The van der Waals surface area contributed by atoms with Crippen LogP contribution >= 0.6 is 23.4 Å². The molecule has 0 radical (unpaired) electrons. The molecule has 1 amide bonds. The number of benzene rings is 2. The number of carboxylic acid groups (broad SMARTS) is 1. The molecule has 23 heavy (non-hydrogen) atoms. The molecule has 0 bridgehead atoms. The van der Waals surface area contributed by atoms with E-state index in [9.17, 15) is 9.59 Å². The van der Waals surface area contributed by atoms with Crippen molar-refractivity contribution in [3.63, 3.8) is 0 Å². The lowest BCUT2D eigenvalue weighted by Gasteiger charge is -2.09. The van der Waals surface area contributed by atoms with Gasteiger partial charge in [0.05, 0.1) is 11.3 Å². The average Bonchev–Trinajstić information content (AvgIpc) is 2.49. The van der Waals surface area contributed by atoms with Gasteiger partial charge in [-0.15, -0.1) is 11.8 Å². The van der Waals surface area contributed by atoms with Gasteiger partial charge in [0.2, 0.25) is 5.91 Å². The summed E-state index contributed by atoms with van der Waals surface area (Å²) in [5.74, 6) is -0.218. The molecule has 2 aromatic rings. The second-order valence-electron chi connectivity index (χ2n) is 5.01. The van der Waals surface area contributed by atoms with Crippen molar-refractivity contribution < 1.29 is 14.7 Å². The molecule has 6 heteroatoms. The molecule has 4 nitrogen and oxygen atoms in total. The summed E-state index contributed by atoms with van der Waals surface area (Å²) in [4.78, 5) is 23.0. The molecule has 0 aliphatic rings. The number of amides is 1. The SMILES string of the molecule is Cc1ccc(C(=O)O)cc1NC(=O)CSCc1cccc(Cl)c1. The Hall–Kier alpha value is -1.98. The van der Waals surface area contributed by atoms with Crippen LogP contribution in [-0.4, -0.2) is 22.7 Å². The monoisotopic (exact) mass is 349 g/mol. The Morgan fingerprint density at radius 3 is 2.70 bits per heavy atom. The molecule has 2 rings (SSSR count). The summed E-state index contributed by atoms with van der Waals surface area (Å²) in [6.45, 7) is 1.82.